The third-order valence-corrected chi connectivity index (χ3v) is 6.82. The van der Waals surface area contributed by atoms with Gasteiger partial charge in [-0.1, -0.05) is 108 Å². The summed E-state index contributed by atoms with van der Waals surface area (Å²) in [5.74, 6) is 0. The molecule has 5 aromatic carbocycles. The zero-order chi connectivity index (χ0) is 21.0. The molecule has 0 atom stereocenters. The fraction of sp³-hybridized carbons (Fsp3) is 0.0968. The maximum Gasteiger partial charge on any atom is 0.0713 e. The van der Waals surface area contributed by atoms with E-state index in [1.165, 1.54) is 55.3 Å². The molecule has 0 fully saturated rings. The van der Waals surface area contributed by atoms with Crippen molar-refractivity contribution in [2.75, 3.05) is 0 Å². The molecule has 6 rings (SSSR count). The van der Waals surface area contributed by atoms with Crippen molar-refractivity contribution in [3.8, 4) is 11.1 Å². The summed E-state index contributed by atoms with van der Waals surface area (Å²) in [6.07, 6.45) is 0. The zero-order valence-corrected chi connectivity index (χ0v) is 17.9. The Morgan fingerprint density at radius 3 is 1.71 bits per heavy atom. The molecule has 0 saturated carbocycles. The Morgan fingerprint density at radius 1 is 0.452 bits per heavy atom. The Labute approximate surface area is 183 Å². The lowest BCUT2D eigenvalue weighted by Gasteiger charge is -2.34. The second kappa shape index (κ2) is 6.68. The van der Waals surface area contributed by atoms with Crippen LogP contribution in [-0.2, 0) is 5.41 Å². The minimum Gasteiger partial charge on any atom is -0.0622 e. The third kappa shape index (κ3) is 2.55. The number of fused-ring (bicyclic) bond motifs is 4. The van der Waals surface area contributed by atoms with E-state index in [-0.39, 0.29) is 5.41 Å². The molecule has 0 saturated heterocycles. The first kappa shape index (κ1) is 18.2. The SMILES string of the molecule is Cc1ccc2c(c1)C(c1ccccc1)(c1ccccc1)c1cc3cc(C)ccc3cc1-2. The molecule has 0 aliphatic heterocycles. The molecular weight excluding hydrogens is 372 g/mol. The highest BCUT2D eigenvalue weighted by molar-refractivity contribution is 5.96. The Morgan fingerprint density at radius 2 is 1.03 bits per heavy atom. The van der Waals surface area contributed by atoms with Crippen LogP contribution in [0.15, 0.2) is 109 Å². The predicted molar refractivity (Wildman–Crippen MR) is 131 cm³/mol. The lowest BCUT2D eigenvalue weighted by atomic mass is 9.67. The summed E-state index contributed by atoms with van der Waals surface area (Å²) < 4.78 is 0. The van der Waals surface area contributed by atoms with Crippen molar-refractivity contribution < 1.29 is 0 Å². The molecule has 1 aliphatic carbocycles. The first-order valence-electron chi connectivity index (χ1n) is 11.0. The molecule has 0 radical (unpaired) electrons. The van der Waals surface area contributed by atoms with Crippen LogP contribution in [0, 0.1) is 13.8 Å². The van der Waals surface area contributed by atoms with Crippen molar-refractivity contribution in [1.82, 2.24) is 0 Å². The van der Waals surface area contributed by atoms with Gasteiger partial charge in [0.15, 0.2) is 0 Å². The molecule has 0 spiro atoms. The van der Waals surface area contributed by atoms with E-state index in [9.17, 15) is 0 Å². The van der Waals surface area contributed by atoms with Crippen molar-refractivity contribution in [2.24, 2.45) is 0 Å². The quantitative estimate of drug-likeness (QED) is 0.280. The van der Waals surface area contributed by atoms with Crippen LogP contribution < -0.4 is 0 Å². The topological polar surface area (TPSA) is 0 Å². The molecule has 0 heterocycles. The summed E-state index contributed by atoms with van der Waals surface area (Å²) in [5, 5.41) is 2.60. The average Bonchev–Trinajstić information content (AvgIpc) is 3.08. The highest BCUT2D eigenvalue weighted by atomic mass is 14.5. The fourth-order valence-electron chi connectivity index (χ4n) is 5.46. The van der Waals surface area contributed by atoms with E-state index in [4.69, 9.17) is 0 Å². The number of aryl methyl sites for hydroxylation is 2. The highest BCUT2D eigenvalue weighted by Crippen LogP contribution is 2.56. The number of benzene rings is 5. The maximum atomic E-state index is 2.44. The molecule has 0 unspecified atom stereocenters. The van der Waals surface area contributed by atoms with Gasteiger partial charge in [-0.3, -0.25) is 0 Å². The van der Waals surface area contributed by atoms with Crippen molar-refractivity contribution in [2.45, 2.75) is 19.3 Å². The summed E-state index contributed by atoms with van der Waals surface area (Å²) in [4.78, 5) is 0. The van der Waals surface area contributed by atoms with E-state index in [1.807, 2.05) is 0 Å². The molecule has 0 bridgehead atoms. The highest BCUT2D eigenvalue weighted by Gasteiger charge is 2.46. The second-order valence-corrected chi connectivity index (χ2v) is 8.78. The van der Waals surface area contributed by atoms with Crippen LogP contribution in [-0.4, -0.2) is 0 Å². The normalized spacial score (nSPS) is 13.7. The van der Waals surface area contributed by atoms with E-state index in [0.29, 0.717) is 0 Å². The number of hydrogen-bond donors (Lipinski definition) is 0. The molecule has 0 amide bonds. The Kier molecular flexibility index (Phi) is 3.91. The lowest BCUT2D eigenvalue weighted by Crippen LogP contribution is -2.28. The van der Waals surface area contributed by atoms with Crippen LogP contribution in [0.25, 0.3) is 21.9 Å². The largest absolute Gasteiger partial charge is 0.0713 e. The lowest BCUT2D eigenvalue weighted by molar-refractivity contribution is 0.768. The third-order valence-electron chi connectivity index (χ3n) is 6.82. The zero-order valence-electron chi connectivity index (χ0n) is 17.9. The smallest absolute Gasteiger partial charge is 0.0622 e. The van der Waals surface area contributed by atoms with Gasteiger partial charge < -0.3 is 0 Å². The molecule has 5 aromatic rings. The molecule has 0 nitrogen and oxygen atoms in total. The average molecular weight is 397 g/mol. The van der Waals surface area contributed by atoms with Crippen LogP contribution >= 0.6 is 0 Å². The van der Waals surface area contributed by atoms with Crippen molar-refractivity contribution >= 4 is 10.8 Å². The van der Waals surface area contributed by atoms with E-state index in [0.717, 1.165) is 0 Å². The minimum atomic E-state index is -0.322. The van der Waals surface area contributed by atoms with Crippen LogP contribution in [0.1, 0.15) is 33.4 Å². The van der Waals surface area contributed by atoms with Gasteiger partial charge in [-0.25, -0.2) is 0 Å². The van der Waals surface area contributed by atoms with Gasteiger partial charge in [-0.2, -0.15) is 0 Å². The van der Waals surface area contributed by atoms with E-state index < -0.39 is 0 Å². The van der Waals surface area contributed by atoms with Gasteiger partial charge in [0.1, 0.15) is 0 Å². The standard InChI is InChI=1S/C31H24/c1-21-13-15-23-19-28-27-16-14-22(2)18-29(27)31(25-9-5-3-6-10-25,26-11-7-4-8-12-26)30(28)20-24(23)17-21/h3-20H,1-2H3. The van der Waals surface area contributed by atoms with Gasteiger partial charge in [0.2, 0.25) is 0 Å². The van der Waals surface area contributed by atoms with Gasteiger partial charge in [0.05, 0.1) is 5.41 Å². The number of rotatable bonds is 2. The van der Waals surface area contributed by atoms with Crippen molar-refractivity contribution in [1.29, 1.82) is 0 Å². The molecular formula is C31H24. The van der Waals surface area contributed by atoms with Crippen LogP contribution in [0.5, 0.6) is 0 Å². The Balaban J connectivity index is 1.83. The van der Waals surface area contributed by atoms with Gasteiger partial charge in [-0.15, -0.1) is 0 Å². The van der Waals surface area contributed by atoms with Gasteiger partial charge in [0, 0.05) is 0 Å². The van der Waals surface area contributed by atoms with Gasteiger partial charge >= 0.3 is 0 Å². The van der Waals surface area contributed by atoms with Crippen LogP contribution in [0.3, 0.4) is 0 Å². The van der Waals surface area contributed by atoms with E-state index in [1.54, 1.807) is 0 Å². The minimum absolute atomic E-state index is 0.322. The molecule has 0 heteroatoms. The predicted octanol–water partition coefficient (Wildman–Crippen LogP) is 7.82. The summed E-state index contributed by atoms with van der Waals surface area (Å²) in [6, 6.07) is 40.6. The van der Waals surface area contributed by atoms with E-state index in [2.05, 4.69) is 123 Å². The number of hydrogen-bond acceptors (Lipinski definition) is 0. The van der Waals surface area contributed by atoms with Crippen LogP contribution in [0.2, 0.25) is 0 Å². The Bertz CT molecular complexity index is 1390. The van der Waals surface area contributed by atoms with Crippen molar-refractivity contribution in [3.05, 3.63) is 143 Å². The van der Waals surface area contributed by atoms with Gasteiger partial charge in [0.25, 0.3) is 0 Å². The maximum absolute atomic E-state index is 2.44. The summed E-state index contributed by atoms with van der Waals surface area (Å²) in [6.45, 7) is 4.37. The summed E-state index contributed by atoms with van der Waals surface area (Å²) in [7, 11) is 0. The monoisotopic (exact) mass is 396 g/mol. The molecule has 148 valence electrons. The molecule has 0 N–H and O–H groups in total. The van der Waals surface area contributed by atoms with Gasteiger partial charge in [-0.05, 0) is 70.1 Å². The van der Waals surface area contributed by atoms with Crippen molar-refractivity contribution in [3.63, 3.8) is 0 Å². The second-order valence-electron chi connectivity index (χ2n) is 8.78. The Hall–Kier alpha value is -3.64. The van der Waals surface area contributed by atoms with E-state index >= 15 is 0 Å². The first-order valence-corrected chi connectivity index (χ1v) is 11.0. The van der Waals surface area contributed by atoms with Crippen LogP contribution in [0.4, 0.5) is 0 Å². The molecule has 31 heavy (non-hydrogen) atoms. The fourth-order valence-corrected chi connectivity index (χ4v) is 5.46. The summed E-state index contributed by atoms with van der Waals surface area (Å²) >= 11 is 0. The summed E-state index contributed by atoms with van der Waals surface area (Å²) in [5.41, 5.74) is 10.4. The first-order chi connectivity index (χ1) is 15.2. The molecule has 1 aliphatic rings. The molecule has 0 aromatic heterocycles.